The van der Waals surface area contributed by atoms with E-state index in [0.717, 1.165) is 12.8 Å². The zero-order valence-electron chi connectivity index (χ0n) is 11.9. The molecule has 0 amide bonds. The molecule has 1 aliphatic heterocycles. The van der Waals surface area contributed by atoms with Gasteiger partial charge in [0.05, 0.1) is 18.1 Å². The highest BCUT2D eigenvalue weighted by Gasteiger charge is 2.43. The van der Waals surface area contributed by atoms with Crippen molar-refractivity contribution in [3.8, 4) is 0 Å². The van der Waals surface area contributed by atoms with Crippen LogP contribution in [0.5, 0.6) is 0 Å². The van der Waals surface area contributed by atoms with Crippen LogP contribution in [0.25, 0.3) is 0 Å². The topological polar surface area (TPSA) is 91.2 Å². The fraction of sp³-hybridized carbons (Fsp3) is 0.769. The van der Waals surface area contributed by atoms with Gasteiger partial charge < -0.3 is 9.30 Å². The average Bonchev–Trinajstić information content (AvgIpc) is 3.05. The summed E-state index contributed by atoms with van der Waals surface area (Å²) < 4.78 is 30.5. The molecule has 0 aromatic carbocycles. The van der Waals surface area contributed by atoms with Crippen LogP contribution in [0, 0.1) is 5.92 Å². The Morgan fingerprint density at radius 1 is 1.48 bits per heavy atom. The van der Waals surface area contributed by atoms with Gasteiger partial charge in [0.1, 0.15) is 18.1 Å². The van der Waals surface area contributed by atoms with Gasteiger partial charge in [-0.25, -0.2) is 8.42 Å². The van der Waals surface area contributed by atoms with Gasteiger partial charge in [-0.1, -0.05) is 0 Å². The highest BCUT2D eigenvalue weighted by Crippen LogP contribution is 2.40. The fourth-order valence-electron chi connectivity index (χ4n) is 2.94. The first kappa shape index (κ1) is 14.5. The molecule has 1 aliphatic carbocycles. The SMILES string of the molecule is CCOC(=O)C(c1nncn1C1CC1)C1CCS(=O)(=O)C1. The summed E-state index contributed by atoms with van der Waals surface area (Å²) in [6.07, 6.45) is 4.19. The van der Waals surface area contributed by atoms with Crippen LogP contribution < -0.4 is 0 Å². The summed E-state index contributed by atoms with van der Waals surface area (Å²) in [7, 11) is -3.06. The second kappa shape index (κ2) is 5.40. The Balaban J connectivity index is 1.92. The first-order valence-electron chi connectivity index (χ1n) is 7.28. The van der Waals surface area contributed by atoms with E-state index < -0.39 is 21.7 Å². The molecule has 2 unspecified atom stereocenters. The number of ether oxygens (including phenoxy) is 1. The lowest BCUT2D eigenvalue weighted by molar-refractivity contribution is -0.146. The summed E-state index contributed by atoms with van der Waals surface area (Å²) >= 11 is 0. The molecule has 2 atom stereocenters. The highest BCUT2D eigenvalue weighted by molar-refractivity contribution is 7.91. The maximum atomic E-state index is 12.3. The van der Waals surface area contributed by atoms with Gasteiger partial charge >= 0.3 is 5.97 Å². The minimum Gasteiger partial charge on any atom is -0.465 e. The number of aromatic nitrogens is 3. The molecule has 0 N–H and O–H groups in total. The van der Waals surface area contributed by atoms with E-state index in [4.69, 9.17) is 4.74 Å². The van der Waals surface area contributed by atoms with Crippen molar-refractivity contribution in [2.45, 2.75) is 38.1 Å². The Hall–Kier alpha value is -1.44. The van der Waals surface area contributed by atoms with Crippen molar-refractivity contribution >= 4 is 15.8 Å². The molecular weight excluding hydrogens is 294 g/mol. The first-order valence-corrected chi connectivity index (χ1v) is 9.10. The molecule has 0 bridgehead atoms. The number of esters is 1. The van der Waals surface area contributed by atoms with E-state index >= 15 is 0 Å². The highest BCUT2D eigenvalue weighted by atomic mass is 32.2. The third-order valence-electron chi connectivity index (χ3n) is 4.10. The van der Waals surface area contributed by atoms with E-state index in [-0.39, 0.29) is 24.0 Å². The molecule has 2 fully saturated rings. The van der Waals surface area contributed by atoms with Crippen molar-refractivity contribution in [3.63, 3.8) is 0 Å². The van der Waals surface area contributed by atoms with E-state index in [0.29, 0.717) is 18.3 Å². The van der Waals surface area contributed by atoms with Gasteiger partial charge in [-0.3, -0.25) is 4.79 Å². The molecular formula is C13H19N3O4S. The molecule has 0 spiro atoms. The molecule has 3 rings (SSSR count). The van der Waals surface area contributed by atoms with Crippen LogP contribution >= 0.6 is 0 Å². The summed E-state index contributed by atoms with van der Waals surface area (Å²) in [5, 5.41) is 8.00. The first-order chi connectivity index (χ1) is 10.0. The van der Waals surface area contributed by atoms with E-state index in [1.165, 1.54) is 0 Å². The van der Waals surface area contributed by atoms with E-state index in [1.54, 1.807) is 13.3 Å². The third-order valence-corrected chi connectivity index (χ3v) is 5.89. The largest absolute Gasteiger partial charge is 0.465 e. The van der Waals surface area contributed by atoms with Gasteiger partial charge in [-0.2, -0.15) is 0 Å². The number of nitrogens with zero attached hydrogens (tertiary/aromatic N) is 3. The predicted octanol–water partition coefficient (Wildman–Crippen LogP) is 0.694. The van der Waals surface area contributed by atoms with E-state index in [1.807, 2.05) is 4.57 Å². The second-order valence-corrected chi connectivity index (χ2v) is 7.95. The molecule has 2 aliphatic rings. The Kier molecular flexibility index (Phi) is 3.73. The molecule has 7 nitrogen and oxygen atoms in total. The van der Waals surface area contributed by atoms with Gasteiger partial charge in [-0.15, -0.1) is 10.2 Å². The molecule has 116 valence electrons. The normalized spacial score (nSPS) is 25.7. The number of carbonyl (C=O) groups excluding carboxylic acids is 1. The summed E-state index contributed by atoms with van der Waals surface area (Å²) in [6.45, 7) is 2.01. The lowest BCUT2D eigenvalue weighted by Crippen LogP contribution is -2.28. The quantitative estimate of drug-likeness (QED) is 0.743. The van der Waals surface area contributed by atoms with Crippen LogP contribution in [0.3, 0.4) is 0 Å². The Labute approximate surface area is 123 Å². The van der Waals surface area contributed by atoms with Crippen molar-refractivity contribution in [2.75, 3.05) is 18.1 Å². The molecule has 1 aromatic heterocycles. The average molecular weight is 313 g/mol. The van der Waals surface area contributed by atoms with Crippen molar-refractivity contribution in [1.29, 1.82) is 0 Å². The molecule has 2 heterocycles. The monoisotopic (exact) mass is 313 g/mol. The molecule has 0 radical (unpaired) electrons. The van der Waals surface area contributed by atoms with Crippen molar-refractivity contribution in [1.82, 2.24) is 14.8 Å². The van der Waals surface area contributed by atoms with Crippen LogP contribution in [0.2, 0.25) is 0 Å². The number of sulfone groups is 1. The summed E-state index contributed by atoms with van der Waals surface area (Å²) in [6, 6.07) is 0.338. The maximum absolute atomic E-state index is 12.3. The van der Waals surface area contributed by atoms with Gasteiger partial charge in [0, 0.05) is 6.04 Å². The van der Waals surface area contributed by atoms with Crippen LogP contribution in [0.1, 0.15) is 44.0 Å². The lowest BCUT2D eigenvalue weighted by atomic mass is 9.91. The van der Waals surface area contributed by atoms with E-state index in [2.05, 4.69) is 10.2 Å². The summed E-state index contributed by atoms with van der Waals surface area (Å²) in [4.78, 5) is 12.3. The van der Waals surface area contributed by atoms with Crippen LogP contribution in [0.4, 0.5) is 0 Å². The number of hydrogen-bond acceptors (Lipinski definition) is 6. The second-order valence-electron chi connectivity index (χ2n) is 5.72. The molecule has 21 heavy (non-hydrogen) atoms. The van der Waals surface area contributed by atoms with Crippen LogP contribution in [-0.4, -0.2) is 47.3 Å². The standard InChI is InChI=1S/C13H19N3O4S/c1-2-20-13(17)11(9-5-6-21(18,19)7-9)12-15-14-8-16(12)10-3-4-10/h8-11H,2-7H2,1H3. The molecule has 1 saturated heterocycles. The zero-order valence-corrected chi connectivity index (χ0v) is 12.8. The Morgan fingerprint density at radius 2 is 2.24 bits per heavy atom. The molecule has 8 heteroatoms. The van der Waals surface area contributed by atoms with E-state index in [9.17, 15) is 13.2 Å². The summed E-state index contributed by atoms with van der Waals surface area (Å²) in [5.41, 5.74) is 0. The summed E-state index contributed by atoms with van der Waals surface area (Å²) in [5.74, 6) is -0.590. The number of rotatable bonds is 5. The third kappa shape index (κ3) is 2.95. The Morgan fingerprint density at radius 3 is 2.81 bits per heavy atom. The number of hydrogen-bond donors (Lipinski definition) is 0. The minimum absolute atomic E-state index is 0.0218. The van der Waals surface area contributed by atoms with Crippen molar-refractivity contribution in [3.05, 3.63) is 12.2 Å². The van der Waals surface area contributed by atoms with Gasteiger partial charge in [0.2, 0.25) is 0 Å². The Bertz CT molecular complexity index is 636. The molecule has 1 saturated carbocycles. The maximum Gasteiger partial charge on any atom is 0.317 e. The predicted molar refractivity (Wildman–Crippen MR) is 74.4 cm³/mol. The number of carbonyl (C=O) groups is 1. The van der Waals surface area contributed by atoms with Gasteiger partial charge in [0.15, 0.2) is 9.84 Å². The molecule has 1 aromatic rings. The lowest BCUT2D eigenvalue weighted by Gasteiger charge is -2.20. The smallest absolute Gasteiger partial charge is 0.317 e. The minimum atomic E-state index is -3.06. The fourth-order valence-corrected chi connectivity index (χ4v) is 4.78. The van der Waals surface area contributed by atoms with Gasteiger partial charge in [-0.05, 0) is 32.1 Å². The van der Waals surface area contributed by atoms with Crippen molar-refractivity contribution < 1.29 is 17.9 Å². The van der Waals surface area contributed by atoms with Gasteiger partial charge in [0.25, 0.3) is 0 Å². The zero-order chi connectivity index (χ0) is 15.0. The van der Waals surface area contributed by atoms with Crippen molar-refractivity contribution in [2.24, 2.45) is 5.92 Å². The van der Waals surface area contributed by atoms with Crippen LogP contribution in [0.15, 0.2) is 6.33 Å². The van der Waals surface area contributed by atoms with Crippen LogP contribution in [-0.2, 0) is 19.4 Å².